The van der Waals surface area contributed by atoms with Crippen LogP contribution in [0.2, 0.25) is 0 Å². The first-order valence-electron chi connectivity index (χ1n) is 6.78. The Labute approximate surface area is 129 Å². The number of amidine groups is 1. The lowest BCUT2D eigenvalue weighted by molar-refractivity contribution is 0.000713. The highest BCUT2D eigenvalue weighted by molar-refractivity contribution is 8.13. The Morgan fingerprint density at radius 3 is 2.65 bits per heavy atom. The van der Waals surface area contributed by atoms with E-state index < -0.39 is 0 Å². The van der Waals surface area contributed by atoms with Gasteiger partial charge in [0.2, 0.25) is 0 Å². The number of hydrogen-bond donors (Lipinski definition) is 1. The van der Waals surface area contributed by atoms with Crippen molar-refractivity contribution in [2.24, 2.45) is 10.7 Å². The molecule has 0 aromatic rings. The molecule has 2 aliphatic heterocycles. The van der Waals surface area contributed by atoms with Gasteiger partial charge in [-0.1, -0.05) is 11.8 Å². The Morgan fingerprint density at radius 1 is 1.30 bits per heavy atom. The van der Waals surface area contributed by atoms with Crippen LogP contribution in [0, 0.1) is 0 Å². The number of thiocarbonyl (C=S) groups is 1. The summed E-state index contributed by atoms with van der Waals surface area (Å²) in [5, 5.41) is 1.50. The van der Waals surface area contributed by atoms with Crippen LogP contribution in [0.25, 0.3) is 0 Å². The first kappa shape index (κ1) is 15.8. The van der Waals surface area contributed by atoms with E-state index in [4.69, 9.17) is 32.4 Å². The molecule has 0 spiro atoms. The third-order valence-electron chi connectivity index (χ3n) is 3.34. The van der Waals surface area contributed by atoms with Crippen LogP contribution in [-0.2, 0) is 9.47 Å². The molecule has 0 aromatic heterocycles. The van der Waals surface area contributed by atoms with E-state index in [9.17, 15) is 0 Å². The number of thioether (sulfide) groups is 1. The lowest BCUT2D eigenvalue weighted by Gasteiger charge is -2.33. The van der Waals surface area contributed by atoms with Gasteiger partial charge in [-0.3, -0.25) is 4.99 Å². The fourth-order valence-electron chi connectivity index (χ4n) is 2.26. The summed E-state index contributed by atoms with van der Waals surface area (Å²) in [5.41, 5.74) is 5.67. The van der Waals surface area contributed by atoms with Crippen molar-refractivity contribution >= 4 is 34.3 Å². The summed E-state index contributed by atoms with van der Waals surface area (Å²) in [4.78, 5) is 8.94. The number of morpholine rings is 2. The van der Waals surface area contributed by atoms with Gasteiger partial charge in [-0.2, -0.15) is 0 Å². The van der Waals surface area contributed by atoms with Crippen molar-refractivity contribution in [2.75, 3.05) is 58.8 Å². The third kappa shape index (κ3) is 4.47. The zero-order valence-electron chi connectivity index (χ0n) is 11.8. The van der Waals surface area contributed by atoms with Crippen molar-refractivity contribution in [3.8, 4) is 0 Å². The van der Waals surface area contributed by atoms with Gasteiger partial charge in [-0.15, -0.1) is 0 Å². The van der Waals surface area contributed by atoms with Crippen molar-refractivity contribution in [3.05, 3.63) is 0 Å². The Balaban J connectivity index is 1.87. The van der Waals surface area contributed by atoms with Crippen LogP contribution < -0.4 is 5.73 Å². The average molecular weight is 318 g/mol. The number of rotatable bonds is 2. The van der Waals surface area contributed by atoms with Crippen molar-refractivity contribution in [3.63, 3.8) is 0 Å². The van der Waals surface area contributed by atoms with Gasteiger partial charge in [0.15, 0.2) is 10.3 Å². The maximum atomic E-state index is 5.72. The van der Waals surface area contributed by atoms with E-state index in [0.717, 1.165) is 44.6 Å². The van der Waals surface area contributed by atoms with Crippen molar-refractivity contribution in [1.29, 1.82) is 0 Å². The zero-order valence-corrected chi connectivity index (χ0v) is 13.4. The lowest BCUT2D eigenvalue weighted by atomic mass is 10.3. The fraction of sp³-hybridized carbons (Fsp3) is 0.833. The summed E-state index contributed by atoms with van der Waals surface area (Å²) in [7, 11) is 0. The number of ether oxygens (including phenoxy) is 2. The molecule has 1 unspecified atom stereocenters. The third-order valence-corrected chi connectivity index (χ3v) is 4.36. The van der Waals surface area contributed by atoms with Crippen LogP contribution in [0.1, 0.15) is 0 Å². The van der Waals surface area contributed by atoms with Gasteiger partial charge in [0.25, 0.3) is 0 Å². The minimum absolute atomic E-state index is 0.0634. The maximum absolute atomic E-state index is 5.72. The van der Waals surface area contributed by atoms with Crippen molar-refractivity contribution < 1.29 is 9.47 Å². The van der Waals surface area contributed by atoms with Crippen molar-refractivity contribution in [2.45, 2.75) is 6.10 Å². The monoisotopic (exact) mass is 318 g/mol. The number of hydrogen-bond acceptors (Lipinski definition) is 5. The number of nitrogens with two attached hydrogens (primary N) is 1. The Bertz CT molecular complexity index is 361. The minimum Gasteiger partial charge on any atom is -0.378 e. The molecule has 2 rings (SSSR count). The molecule has 1 atom stereocenters. The molecule has 2 saturated heterocycles. The van der Waals surface area contributed by atoms with E-state index in [1.54, 1.807) is 11.8 Å². The predicted octanol–water partition coefficient (Wildman–Crippen LogP) is -0.0180. The molecule has 6 nitrogen and oxygen atoms in total. The average Bonchev–Trinajstić information content (AvgIpc) is 2.49. The predicted molar refractivity (Wildman–Crippen MR) is 86.3 cm³/mol. The first-order valence-corrected chi connectivity index (χ1v) is 8.41. The highest BCUT2D eigenvalue weighted by Crippen LogP contribution is 2.11. The van der Waals surface area contributed by atoms with Crippen LogP contribution >= 0.6 is 24.0 Å². The van der Waals surface area contributed by atoms with E-state index >= 15 is 0 Å². The second-order valence-corrected chi connectivity index (χ2v) is 5.90. The van der Waals surface area contributed by atoms with Gasteiger partial charge in [-0.25, -0.2) is 0 Å². The topological polar surface area (TPSA) is 63.3 Å². The van der Waals surface area contributed by atoms with Gasteiger partial charge in [-0.05, 0) is 18.5 Å². The summed E-state index contributed by atoms with van der Waals surface area (Å²) in [5.74, 6) is 0. The van der Waals surface area contributed by atoms with E-state index in [1.807, 2.05) is 4.90 Å². The SMILES string of the molecule is CSC(=NCC1CN(C(N)=S)CCO1)N1CCOCC1. The number of aliphatic imine (C=N–C) groups is 1. The van der Waals surface area contributed by atoms with Gasteiger partial charge in [0.05, 0.1) is 32.5 Å². The molecule has 2 aliphatic rings. The van der Waals surface area contributed by atoms with E-state index in [2.05, 4.69) is 11.2 Å². The molecular weight excluding hydrogens is 296 g/mol. The molecule has 0 aliphatic carbocycles. The molecule has 2 N–H and O–H groups in total. The van der Waals surface area contributed by atoms with Crippen LogP contribution in [0.5, 0.6) is 0 Å². The van der Waals surface area contributed by atoms with Gasteiger partial charge < -0.3 is 25.0 Å². The molecule has 2 heterocycles. The largest absolute Gasteiger partial charge is 0.378 e. The van der Waals surface area contributed by atoms with Crippen LogP contribution in [-0.4, -0.2) is 85.0 Å². The summed E-state index contributed by atoms with van der Waals surface area (Å²) >= 11 is 6.69. The molecule has 0 aromatic carbocycles. The van der Waals surface area contributed by atoms with Gasteiger partial charge >= 0.3 is 0 Å². The van der Waals surface area contributed by atoms with E-state index in [-0.39, 0.29) is 6.10 Å². The molecule has 0 saturated carbocycles. The minimum atomic E-state index is 0.0634. The van der Waals surface area contributed by atoms with E-state index in [1.165, 1.54) is 0 Å². The quantitative estimate of drug-likeness (QED) is 0.436. The Kier molecular flexibility index (Phi) is 6.34. The maximum Gasteiger partial charge on any atom is 0.166 e. The van der Waals surface area contributed by atoms with Crippen LogP contribution in [0.4, 0.5) is 0 Å². The normalized spacial score (nSPS) is 24.9. The second kappa shape index (κ2) is 8.02. The zero-order chi connectivity index (χ0) is 14.4. The highest BCUT2D eigenvalue weighted by Gasteiger charge is 2.21. The standard InChI is InChI=1S/C12H22N4O2S2/c1-20-12(15-2-5-17-6-3-15)14-8-10-9-16(11(13)19)4-7-18-10/h10H,2-9H2,1H3,(H2,13,19). The van der Waals surface area contributed by atoms with Crippen molar-refractivity contribution in [1.82, 2.24) is 9.80 Å². The first-order chi connectivity index (χ1) is 9.70. The molecule has 8 heteroatoms. The van der Waals surface area contributed by atoms with Crippen LogP contribution in [0.3, 0.4) is 0 Å². The van der Waals surface area contributed by atoms with Crippen LogP contribution in [0.15, 0.2) is 4.99 Å². The summed E-state index contributed by atoms with van der Waals surface area (Å²) < 4.78 is 11.1. The molecule has 0 amide bonds. The molecule has 114 valence electrons. The fourth-order valence-corrected chi connectivity index (χ4v) is 3.07. The van der Waals surface area contributed by atoms with Gasteiger partial charge in [0.1, 0.15) is 0 Å². The molecule has 2 fully saturated rings. The van der Waals surface area contributed by atoms with E-state index in [0.29, 0.717) is 18.3 Å². The second-order valence-electron chi connectivity index (χ2n) is 4.70. The number of nitrogens with zero attached hydrogens (tertiary/aromatic N) is 3. The Morgan fingerprint density at radius 2 is 2.00 bits per heavy atom. The van der Waals surface area contributed by atoms with Gasteiger partial charge in [0, 0.05) is 26.2 Å². The summed E-state index contributed by atoms with van der Waals surface area (Å²) in [6, 6.07) is 0. The molecule has 0 radical (unpaired) electrons. The lowest BCUT2D eigenvalue weighted by Crippen LogP contribution is -2.49. The highest BCUT2D eigenvalue weighted by atomic mass is 32.2. The molecular formula is C12H22N4O2S2. The smallest absolute Gasteiger partial charge is 0.166 e. The summed E-state index contributed by atoms with van der Waals surface area (Å²) in [6.07, 6.45) is 2.12. The summed E-state index contributed by atoms with van der Waals surface area (Å²) in [6.45, 7) is 6.16. The Hall–Kier alpha value is -0.570. The molecule has 0 bridgehead atoms. The molecule has 20 heavy (non-hydrogen) atoms.